The van der Waals surface area contributed by atoms with Gasteiger partial charge < -0.3 is 15.4 Å². The predicted molar refractivity (Wildman–Crippen MR) is 50.5 cm³/mol. The van der Waals surface area contributed by atoms with E-state index < -0.39 is 0 Å². The van der Waals surface area contributed by atoms with E-state index in [0.29, 0.717) is 13.2 Å². The Labute approximate surface area is 79.0 Å². The molecule has 0 bridgehead atoms. The van der Waals surface area contributed by atoms with Gasteiger partial charge in [-0.3, -0.25) is 4.79 Å². The average molecular weight is 186 g/mol. The summed E-state index contributed by atoms with van der Waals surface area (Å²) in [5, 5.41) is 6.25. The molecule has 0 unspecified atom stereocenters. The number of hydrogen-bond acceptors (Lipinski definition) is 4. The fraction of sp³-hybridized carbons (Fsp3) is 0.889. The summed E-state index contributed by atoms with van der Waals surface area (Å²) < 4.78 is 5.08. The van der Waals surface area contributed by atoms with Gasteiger partial charge in [-0.15, -0.1) is 0 Å². The minimum atomic E-state index is -0.148. The van der Waals surface area contributed by atoms with Crippen molar-refractivity contribution in [1.29, 1.82) is 0 Å². The SMILES string of the molecule is CCCCOC(=O)[C@H]1CNCCN1. The largest absolute Gasteiger partial charge is 0.464 e. The zero-order chi connectivity index (χ0) is 9.52. The van der Waals surface area contributed by atoms with Crippen molar-refractivity contribution in [2.45, 2.75) is 25.8 Å². The highest BCUT2D eigenvalue weighted by atomic mass is 16.5. The monoisotopic (exact) mass is 186 g/mol. The topological polar surface area (TPSA) is 50.4 Å². The normalized spacial score (nSPS) is 22.7. The van der Waals surface area contributed by atoms with Crippen LogP contribution in [0, 0.1) is 0 Å². The van der Waals surface area contributed by atoms with Gasteiger partial charge in [0.25, 0.3) is 0 Å². The highest BCUT2D eigenvalue weighted by Gasteiger charge is 2.20. The van der Waals surface area contributed by atoms with Gasteiger partial charge in [0, 0.05) is 19.6 Å². The van der Waals surface area contributed by atoms with E-state index in [1.54, 1.807) is 0 Å². The van der Waals surface area contributed by atoms with Crippen molar-refractivity contribution in [3.05, 3.63) is 0 Å². The molecule has 1 saturated heterocycles. The molecule has 4 nitrogen and oxygen atoms in total. The number of carbonyl (C=O) groups excluding carboxylic acids is 1. The van der Waals surface area contributed by atoms with Crippen LogP contribution in [0.2, 0.25) is 0 Å². The molecule has 76 valence electrons. The maximum absolute atomic E-state index is 11.3. The molecule has 1 fully saturated rings. The number of carbonyl (C=O) groups is 1. The lowest BCUT2D eigenvalue weighted by atomic mass is 10.2. The van der Waals surface area contributed by atoms with E-state index in [0.717, 1.165) is 25.9 Å². The second-order valence-electron chi connectivity index (χ2n) is 3.23. The molecule has 13 heavy (non-hydrogen) atoms. The van der Waals surface area contributed by atoms with Gasteiger partial charge in [-0.05, 0) is 6.42 Å². The molecule has 0 radical (unpaired) electrons. The summed E-state index contributed by atoms with van der Waals surface area (Å²) in [5.41, 5.74) is 0. The van der Waals surface area contributed by atoms with Gasteiger partial charge in [0.2, 0.25) is 0 Å². The maximum atomic E-state index is 11.3. The Morgan fingerprint density at radius 3 is 3.00 bits per heavy atom. The van der Waals surface area contributed by atoms with Crippen LogP contribution in [0.15, 0.2) is 0 Å². The van der Waals surface area contributed by atoms with Gasteiger partial charge in [-0.1, -0.05) is 13.3 Å². The Bertz CT molecular complexity index is 156. The highest BCUT2D eigenvalue weighted by molar-refractivity contribution is 5.76. The van der Waals surface area contributed by atoms with Gasteiger partial charge in [-0.25, -0.2) is 0 Å². The number of ether oxygens (including phenoxy) is 1. The number of piperazine rings is 1. The third-order valence-electron chi connectivity index (χ3n) is 2.07. The van der Waals surface area contributed by atoms with E-state index in [2.05, 4.69) is 17.6 Å². The Morgan fingerprint density at radius 1 is 1.54 bits per heavy atom. The second-order valence-corrected chi connectivity index (χ2v) is 3.23. The summed E-state index contributed by atoms with van der Waals surface area (Å²) in [6.07, 6.45) is 2.01. The average Bonchev–Trinajstić information content (AvgIpc) is 2.19. The number of esters is 1. The van der Waals surface area contributed by atoms with Crippen LogP contribution in [0.5, 0.6) is 0 Å². The highest BCUT2D eigenvalue weighted by Crippen LogP contribution is 1.94. The fourth-order valence-electron chi connectivity index (χ4n) is 1.24. The summed E-state index contributed by atoms with van der Waals surface area (Å²) in [6, 6.07) is -0.148. The predicted octanol–water partition coefficient (Wildman–Crippen LogP) is -0.109. The van der Waals surface area contributed by atoms with Crippen LogP contribution >= 0.6 is 0 Å². The Balaban J connectivity index is 2.13. The summed E-state index contributed by atoms with van der Waals surface area (Å²) in [6.45, 7) is 5.08. The molecular formula is C9H18N2O2. The minimum absolute atomic E-state index is 0.124. The summed E-state index contributed by atoms with van der Waals surface area (Å²) in [7, 11) is 0. The molecule has 0 aliphatic carbocycles. The molecule has 0 aromatic rings. The molecule has 0 aromatic carbocycles. The van der Waals surface area contributed by atoms with Gasteiger partial charge in [0.1, 0.15) is 6.04 Å². The maximum Gasteiger partial charge on any atom is 0.324 e. The third kappa shape index (κ3) is 3.74. The summed E-state index contributed by atoms with van der Waals surface area (Å²) in [4.78, 5) is 11.3. The van der Waals surface area contributed by atoms with Crippen LogP contribution in [0.3, 0.4) is 0 Å². The van der Waals surface area contributed by atoms with E-state index in [-0.39, 0.29) is 12.0 Å². The molecule has 0 spiro atoms. The first-order chi connectivity index (χ1) is 6.34. The smallest absolute Gasteiger partial charge is 0.324 e. The Kier molecular flexibility index (Phi) is 4.78. The first kappa shape index (κ1) is 10.5. The number of rotatable bonds is 4. The Hall–Kier alpha value is -0.610. The van der Waals surface area contributed by atoms with Crippen LogP contribution in [-0.2, 0) is 9.53 Å². The van der Waals surface area contributed by atoms with Crippen LogP contribution in [0.4, 0.5) is 0 Å². The van der Waals surface area contributed by atoms with Crippen molar-refractivity contribution in [3.63, 3.8) is 0 Å². The zero-order valence-electron chi connectivity index (χ0n) is 8.14. The molecule has 0 amide bonds. The molecule has 1 aliphatic rings. The number of nitrogens with one attached hydrogen (secondary N) is 2. The lowest BCUT2D eigenvalue weighted by molar-refractivity contribution is -0.146. The van der Waals surface area contributed by atoms with Crippen LogP contribution < -0.4 is 10.6 Å². The third-order valence-corrected chi connectivity index (χ3v) is 2.07. The van der Waals surface area contributed by atoms with Crippen LogP contribution in [0.25, 0.3) is 0 Å². The summed E-state index contributed by atoms with van der Waals surface area (Å²) in [5.74, 6) is -0.124. The lowest BCUT2D eigenvalue weighted by Gasteiger charge is -2.22. The molecule has 1 heterocycles. The molecule has 4 heteroatoms. The molecule has 1 aliphatic heterocycles. The minimum Gasteiger partial charge on any atom is -0.464 e. The van der Waals surface area contributed by atoms with Gasteiger partial charge in [-0.2, -0.15) is 0 Å². The molecular weight excluding hydrogens is 168 g/mol. The van der Waals surface area contributed by atoms with Crippen molar-refractivity contribution in [3.8, 4) is 0 Å². The van der Waals surface area contributed by atoms with Crippen molar-refractivity contribution in [1.82, 2.24) is 10.6 Å². The van der Waals surface area contributed by atoms with Crippen molar-refractivity contribution in [2.75, 3.05) is 26.2 Å². The van der Waals surface area contributed by atoms with E-state index in [4.69, 9.17) is 4.74 Å². The van der Waals surface area contributed by atoms with Crippen molar-refractivity contribution < 1.29 is 9.53 Å². The fourth-order valence-corrected chi connectivity index (χ4v) is 1.24. The molecule has 2 N–H and O–H groups in total. The molecule has 1 atom stereocenters. The quantitative estimate of drug-likeness (QED) is 0.475. The number of unbranched alkanes of at least 4 members (excludes halogenated alkanes) is 1. The Morgan fingerprint density at radius 2 is 2.38 bits per heavy atom. The van der Waals surface area contributed by atoms with E-state index in [1.807, 2.05) is 0 Å². The van der Waals surface area contributed by atoms with E-state index >= 15 is 0 Å². The van der Waals surface area contributed by atoms with Crippen LogP contribution in [-0.4, -0.2) is 38.3 Å². The van der Waals surface area contributed by atoms with E-state index in [9.17, 15) is 4.79 Å². The lowest BCUT2D eigenvalue weighted by Crippen LogP contribution is -2.52. The van der Waals surface area contributed by atoms with Crippen LogP contribution in [0.1, 0.15) is 19.8 Å². The first-order valence-electron chi connectivity index (χ1n) is 4.95. The second kappa shape index (κ2) is 5.94. The standard InChI is InChI=1S/C9H18N2O2/c1-2-3-6-13-9(12)8-7-10-4-5-11-8/h8,10-11H,2-7H2,1H3/t8-/m1/s1. The first-order valence-corrected chi connectivity index (χ1v) is 4.95. The van der Waals surface area contributed by atoms with E-state index in [1.165, 1.54) is 0 Å². The molecule has 0 saturated carbocycles. The molecule has 0 aromatic heterocycles. The van der Waals surface area contributed by atoms with Crippen molar-refractivity contribution in [2.24, 2.45) is 0 Å². The van der Waals surface area contributed by atoms with Gasteiger partial charge >= 0.3 is 5.97 Å². The van der Waals surface area contributed by atoms with Gasteiger partial charge in [0.15, 0.2) is 0 Å². The summed E-state index contributed by atoms with van der Waals surface area (Å²) >= 11 is 0. The van der Waals surface area contributed by atoms with Crippen molar-refractivity contribution >= 4 is 5.97 Å². The molecule has 1 rings (SSSR count). The number of hydrogen-bond donors (Lipinski definition) is 2. The van der Waals surface area contributed by atoms with Gasteiger partial charge in [0.05, 0.1) is 6.61 Å². The zero-order valence-corrected chi connectivity index (χ0v) is 8.14.